The van der Waals surface area contributed by atoms with Crippen molar-refractivity contribution >= 4 is 31.9 Å². The Hall–Kier alpha value is -0.640. The van der Waals surface area contributed by atoms with Crippen LogP contribution in [0.1, 0.15) is 23.7 Å². The Labute approximate surface area is 124 Å². The third-order valence-electron chi connectivity index (χ3n) is 2.81. The maximum atomic E-state index is 10.1. The summed E-state index contributed by atoms with van der Waals surface area (Å²) in [6.07, 6.45) is 1.19. The van der Waals surface area contributed by atoms with E-state index in [0.29, 0.717) is 0 Å². The first-order valence-electron chi connectivity index (χ1n) is 5.83. The monoisotopic (exact) mass is 368 g/mol. The molecule has 0 radical (unpaired) electrons. The van der Waals surface area contributed by atoms with E-state index < -0.39 is 6.10 Å². The van der Waals surface area contributed by atoms with Crippen molar-refractivity contribution in [2.24, 2.45) is 0 Å². The second-order valence-electron chi connectivity index (χ2n) is 4.24. The second-order valence-corrected chi connectivity index (χ2v) is 6.07. The molecule has 0 aromatic heterocycles. The molecule has 2 aromatic carbocycles. The number of aliphatic hydroxyl groups excluding tert-OH is 1. The number of halogens is 2. The van der Waals surface area contributed by atoms with Gasteiger partial charge in [0.2, 0.25) is 0 Å². The molecular weight excluding hydrogens is 356 g/mol. The van der Waals surface area contributed by atoms with Crippen LogP contribution < -0.4 is 0 Å². The summed E-state index contributed by atoms with van der Waals surface area (Å²) in [5.41, 5.74) is 2.19. The predicted octanol–water partition coefficient (Wildman–Crippen LogP) is 4.88. The Morgan fingerprint density at radius 2 is 1.56 bits per heavy atom. The molecule has 0 spiro atoms. The number of rotatable bonds is 4. The highest BCUT2D eigenvalue weighted by Gasteiger charge is 2.07. The Morgan fingerprint density at radius 3 is 2.17 bits per heavy atom. The highest BCUT2D eigenvalue weighted by Crippen LogP contribution is 2.23. The van der Waals surface area contributed by atoms with Crippen LogP contribution in [0.2, 0.25) is 0 Å². The lowest BCUT2D eigenvalue weighted by Crippen LogP contribution is -1.99. The Morgan fingerprint density at radius 1 is 0.944 bits per heavy atom. The van der Waals surface area contributed by atoms with E-state index in [4.69, 9.17) is 0 Å². The summed E-state index contributed by atoms with van der Waals surface area (Å²) in [6, 6.07) is 16.0. The molecule has 0 aliphatic carbocycles. The molecule has 0 aliphatic rings. The molecule has 1 nitrogen and oxygen atoms in total. The van der Waals surface area contributed by atoms with Crippen LogP contribution in [0.15, 0.2) is 57.5 Å². The molecule has 0 saturated heterocycles. The smallest absolute Gasteiger partial charge is 0.0793 e. The molecular formula is C15H14Br2O. The molecule has 1 N–H and O–H groups in total. The third-order valence-corrected chi connectivity index (χ3v) is 3.73. The standard InChI is InChI=1S/C15H14Br2O/c16-13-8-11(9-14(17)10-13)6-7-15(18)12-4-2-1-3-5-12/h1-5,8-10,15,18H,6-7H2. The van der Waals surface area contributed by atoms with Crippen LogP contribution in [0, 0.1) is 0 Å². The van der Waals surface area contributed by atoms with E-state index in [9.17, 15) is 5.11 Å². The van der Waals surface area contributed by atoms with Gasteiger partial charge in [-0.3, -0.25) is 0 Å². The van der Waals surface area contributed by atoms with Crippen LogP contribution in [0.3, 0.4) is 0 Å². The van der Waals surface area contributed by atoms with E-state index in [1.54, 1.807) is 0 Å². The van der Waals surface area contributed by atoms with Gasteiger partial charge in [0.25, 0.3) is 0 Å². The van der Waals surface area contributed by atoms with Crippen molar-refractivity contribution in [3.8, 4) is 0 Å². The predicted molar refractivity (Wildman–Crippen MR) is 81.6 cm³/mol. The first kappa shape index (κ1) is 13.8. The van der Waals surface area contributed by atoms with Gasteiger partial charge in [0.1, 0.15) is 0 Å². The van der Waals surface area contributed by atoms with Gasteiger partial charge < -0.3 is 5.11 Å². The fourth-order valence-corrected chi connectivity index (χ4v) is 3.29. The molecule has 0 saturated carbocycles. The molecule has 18 heavy (non-hydrogen) atoms. The molecule has 0 amide bonds. The van der Waals surface area contributed by atoms with Gasteiger partial charge in [-0.15, -0.1) is 0 Å². The van der Waals surface area contributed by atoms with Crippen LogP contribution in [-0.4, -0.2) is 5.11 Å². The average Bonchev–Trinajstić information content (AvgIpc) is 2.36. The van der Waals surface area contributed by atoms with Gasteiger partial charge in [0, 0.05) is 8.95 Å². The SMILES string of the molecule is OC(CCc1cc(Br)cc(Br)c1)c1ccccc1. The van der Waals surface area contributed by atoms with Crippen molar-refractivity contribution in [2.45, 2.75) is 18.9 Å². The molecule has 1 atom stereocenters. The van der Waals surface area contributed by atoms with Crippen molar-refractivity contribution in [1.29, 1.82) is 0 Å². The van der Waals surface area contributed by atoms with E-state index in [1.807, 2.05) is 36.4 Å². The van der Waals surface area contributed by atoms with E-state index in [1.165, 1.54) is 5.56 Å². The minimum absolute atomic E-state index is 0.399. The van der Waals surface area contributed by atoms with Crippen LogP contribution in [0.5, 0.6) is 0 Å². The maximum absolute atomic E-state index is 10.1. The van der Waals surface area contributed by atoms with Crippen LogP contribution in [0.4, 0.5) is 0 Å². The summed E-state index contributed by atoms with van der Waals surface area (Å²) < 4.78 is 2.11. The van der Waals surface area contributed by atoms with E-state index in [2.05, 4.69) is 44.0 Å². The Kier molecular flexibility index (Phi) is 4.98. The normalized spacial score (nSPS) is 12.4. The number of aryl methyl sites for hydroxylation is 1. The summed E-state index contributed by atoms with van der Waals surface area (Å²) in [6.45, 7) is 0. The topological polar surface area (TPSA) is 20.2 Å². The highest BCUT2D eigenvalue weighted by atomic mass is 79.9. The molecule has 3 heteroatoms. The third kappa shape index (κ3) is 3.94. The summed E-state index contributed by atoms with van der Waals surface area (Å²) in [4.78, 5) is 0. The van der Waals surface area contributed by atoms with E-state index >= 15 is 0 Å². The van der Waals surface area contributed by atoms with Gasteiger partial charge >= 0.3 is 0 Å². The molecule has 2 rings (SSSR count). The summed E-state index contributed by atoms with van der Waals surface area (Å²) >= 11 is 6.94. The van der Waals surface area contributed by atoms with Gasteiger partial charge in [-0.1, -0.05) is 62.2 Å². The van der Waals surface area contributed by atoms with Crippen LogP contribution in [-0.2, 0) is 6.42 Å². The van der Waals surface area contributed by atoms with Crippen LogP contribution >= 0.6 is 31.9 Å². The number of benzene rings is 2. The van der Waals surface area contributed by atoms with Crippen molar-refractivity contribution < 1.29 is 5.11 Å². The largest absolute Gasteiger partial charge is 0.388 e. The van der Waals surface area contributed by atoms with Crippen LogP contribution in [0.25, 0.3) is 0 Å². The molecule has 94 valence electrons. The highest BCUT2D eigenvalue weighted by molar-refractivity contribution is 9.11. The molecule has 0 bridgehead atoms. The molecule has 0 aliphatic heterocycles. The summed E-state index contributed by atoms with van der Waals surface area (Å²) in [5, 5.41) is 10.1. The molecule has 2 aromatic rings. The zero-order valence-corrected chi connectivity index (χ0v) is 13.0. The maximum Gasteiger partial charge on any atom is 0.0793 e. The molecule has 0 heterocycles. The minimum Gasteiger partial charge on any atom is -0.388 e. The van der Waals surface area contributed by atoms with E-state index in [-0.39, 0.29) is 0 Å². The fourth-order valence-electron chi connectivity index (χ4n) is 1.90. The van der Waals surface area contributed by atoms with Gasteiger partial charge in [0.05, 0.1) is 6.10 Å². The number of hydrogen-bond acceptors (Lipinski definition) is 1. The molecule has 0 fully saturated rings. The Balaban J connectivity index is 1.99. The number of hydrogen-bond donors (Lipinski definition) is 1. The first-order valence-corrected chi connectivity index (χ1v) is 7.42. The summed E-state index contributed by atoms with van der Waals surface area (Å²) in [7, 11) is 0. The summed E-state index contributed by atoms with van der Waals surface area (Å²) in [5.74, 6) is 0. The number of aliphatic hydroxyl groups is 1. The van der Waals surface area contributed by atoms with E-state index in [0.717, 1.165) is 27.4 Å². The van der Waals surface area contributed by atoms with Gasteiger partial charge in [0.15, 0.2) is 0 Å². The van der Waals surface area contributed by atoms with Gasteiger partial charge in [-0.2, -0.15) is 0 Å². The van der Waals surface area contributed by atoms with Crippen molar-refractivity contribution in [3.05, 3.63) is 68.6 Å². The second kappa shape index (κ2) is 6.50. The minimum atomic E-state index is -0.399. The lowest BCUT2D eigenvalue weighted by Gasteiger charge is -2.11. The lowest BCUT2D eigenvalue weighted by atomic mass is 10.0. The van der Waals surface area contributed by atoms with Gasteiger partial charge in [-0.25, -0.2) is 0 Å². The quantitative estimate of drug-likeness (QED) is 0.814. The van der Waals surface area contributed by atoms with Crippen molar-refractivity contribution in [1.82, 2.24) is 0 Å². The lowest BCUT2D eigenvalue weighted by molar-refractivity contribution is 0.168. The van der Waals surface area contributed by atoms with Crippen molar-refractivity contribution in [3.63, 3.8) is 0 Å². The fraction of sp³-hybridized carbons (Fsp3) is 0.200. The average molecular weight is 370 g/mol. The van der Waals surface area contributed by atoms with Crippen molar-refractivity contribution in [2.75, 3.05) is 0 Å². The molecule has 1 unspecified atom stereocenters. The zero-order chi connectivity index (χ0) is 13.0. The first-order chi connectivity index (χ1) is 8.65. The zero-order valence-electron chi connectivity index (χ0n) is 9.81. The Bertz CT molecular complexity index is 491. The van der Waals surface area contributed by atoms with Gasteiger partial charge in [-0.05, 0) is 42.2 Å².